The van der Waals surface area contributed by atoms with E-state index in [2.05, 4.69) is 5.32 Å². The number of hydrogen-bond donors (Lipinski definition) is 1. The Labute approximate surface area is 158 Å². The maximum Gasteiger partial charge on any atom is 0.244 e. The highest BCUT2D eigenvalue weighted by molar-refractivity contribution is 5.92. The lowest BCUT2D eigenvalue weighted by molar-refractivity contribution is -0.117. The Morgan fingerprint density at radius 3 is 3.00 bits per heavy atom. The van der Waals surface area contributed by atoms with E-state index in [9.17, 15) is 4.79 Å². The third kappa shape index (κ3) is 4.59. The zero-order valence-electron chi connectivity index (χ0n) is 15.0. The van der Waals surface area contributed by atoms with E-state index in [4.69, 9.17) is 19.5 Å². The second-order valence-electron chi connectivity index (χ2n) is 5.93. The summed E-state index contributed by atoms with van der Waals surface area (Å²) in [5, 5.41) is 11.6. The van der Waals surface area contributed by atoms with Crippen LogP contribution in [0.1, 0.15) is 23.6 Å². The number of rotatable bonds is 6. The number of benzene rings is 2. The van der Waals surface area contributed by atoms with Crippen molar-refractivity contribution < 1.29 is 19.0 Å². The first-order valence-electron chi connectivity index (χ1n) is 8.59. The summed E-state index contributed by atoms with van der Waals surface area (Å²) in [6.07, 6.45) is 3.93. The van der Waals surface area contributed by atoms with Crippen LogP contribution in [0, 0.1) is 11.3 Å². The van der Waals surface area contributed by atoms with Crippen LogP contribution >= 0.6 is 0 Å². The Morgan fingerprint density at radius 2 is 2.19 bits per heavy atom. The number of carbonyl (C=O) groups is 1. The molecule has 1 aliphatic rings. The monoisotopic (exact) mass is 364 g/mol. The minimum atomic E-state index is -0.180. The number of methoxy groups -OCH3 is 1. The van der Waals surface area contributed by atoms with Gasteiger partial charge in [-0.25, -0.2) is 0 Å². The molecule has 1 N–H and O–H groups in total. The fourth-order valence-electron chi connectivity index (χ4n) is 2.90. The quantitative estimate of drug-likeness (QED) is 0.796. The van der Waals surface area contributed by atoms with Crippen molar-refractivity contribution in [2.45, 2.75) is 12.5 Å². The van der Waals surface area contributed by atoms with Crippen LogP contribution in [0.5, 0.6) is 17.2 Å². The molecule has 138 valence electrons. The summed E-state index contributed by atoms with van der Waals surface area (Å²) in [6.45, 7) is 0.521. The maximum atomic E-state index is 12.3. The average Bonchev–Trinajstić information content (AvgIpc) is 2.71. The molecule has 2 aromatic rings. The minimum absolute atomic E-state index is 0.0550. The molecule has 0 aliphatic carbocycles. The minimum Gasteiger partial charge on any atom is -0.493 e. The summed E-state index contributed by atoms with van der Waals surface area (Å²) in [5.74, 6) is 1.63. The molecule has 0 aromatic heterocycles. The fourth-order valence-corrected chi connectivity index (χ4v) is 2.90. The number of para-hydroxylation sites is 1. The van der Waals surface area contributed by atoms with E-state index >= 15 is 0 Å². The van der Waals surface area contributed by atoms with Crippen molar-refractivity contribution in [3.63, 3.8) is 0 Å². The molecular formula is C21H20N2O4. The number of hydrogen-bond acceptors (Lipinski definition) is 5. The Morgan fingerprint density at radius 1 is 1.33 bits per heavy atom. The van der Waals surface area contributed by atoms with Crippen LogP contribution in [0.2, 0.25) is 0 Å². The highest BCUT2D eigenvalue weighted by atomic mass is 16.5. The highest BCUT2D eigenvalue weighted by Gasteiger charge is 2.21. The van der Waals surface area contributed by atoms with Gasteiger partial charge in [0.2, 0.25) is 5.91 Å². The molecule has 27 heavy (non-hydrogen) atoms. The van der Waals surface area contributed by atoms with Gasteiger partial charge in [0.1, 0.15) is 11.8 Å². The van der Waals surface area contributed by atoms with Crippen LogP contribution < -0.4 is 19.5 Å². The molecule has 3 rings (SSSR count). The van der Waals surface area contributed by atoms with E-state index < -0.39 is 0 Å². The average molecular weight is 364 g/mol. The van der Waals surface area contributed by atoms with Gasteiger partial charge in [-0.3, -0.25) is 4.79 Å². The summed E-state index contributed by atoms with van der Waals surface area (Å²) in [6, 6.07) is 14.8. The van der Waals surface area contributed by atoms with E-state index in [0.717, 1.165) is 23.3 Å². The van der Waals surface area contributed by atoms with E-state index in [1.165, 1.54) is 13.2 Å². The Bertz CT molecular complexity index is 886. The number of fused-ring (bicyclic) bond motifs is 1. The van der Waals surface area contributed by atoms with Crippen molar-refractivity contribution in [1.82, 2.24) is 5.32 Å². The molecule has 0 spiro atoms. The van der Waals surface area contributed by atoms with Crippen molar-refractivity contribution >= 4 is 12.0 Å². The first-order chi connectivity index (χ1) is 13.2. The van der Waals surface area contributed by atoms with Crippen molar-refractivity contribution in [3.8, 4) is 23.3 Å². The zero-order chi connectivity index (χ0) is 19.1. The molecule has 6 nitrogen and oxygen atoms in total. The summed E-state index contributed by atoms with van der Waals surface area (Å²) in [4.78, 5) is 12.3. The number of nitriles is 1. The van der Waals surface area contributed by atoms with Gasteiger partial charge in [0, 0.05) is 18.1 Å². The van der Waals surface area contributed by atoms with Gasteiger partial charge in [-0.2, -0.15) is 5.26 Å². The molecule has 0 fully saturated rings. The maximum absolute atomic E-state index is 12.3. The number of amides is 1. The molecule has 0 saturated carbocycles. The first-order valence-corrected chi connectivity index (χ1v) is 8.59. The van der Waals surface area contributed by atoms with E-state index in [1.807, 2.05) is 30.3 Å². The van der Waals surface area contributed by atoms with Gasteiger partial charge < -0.3 is 19.5 Å². The standard InChI is InChI=1S/C21H20N2O4/c1-25-20-14-15(6-8-19(20)27-13-11-22)7-9-21(24)23-17-10-12-26-18-5-3-2-4-16(17)18/h2-9,14,17H,10,12-13H2,1H3,(H,23,24)/b9-7+/t17-/m0/s1. The molecule has 0 radical (unpaired) electrons. The third-order valence-electron chi connectivity index (χ3n) is 4.18. The van der Waals surface area contributed by atoms with Crippen molar-refractivity contribution in [2.24, 2.45) is 0 Å². The van der Waals surface area contributed by atoms with Crippen LogP contribution in [-0.2, 0) is 4.79 Å². The molecule has 1 amide bonds. The normalized spacial score (nSPS) is 15.3. The molecule has 0 bridgehead atoms. The van der Waals surface area contributed by atoms with Crippen LogP contribution in [0.4, 0.5) is 0 Å². The van der Waals surface area contributed by atoms with Gasteiger partial charge in [-0.1, -0.05) is 24.3 Å². The van der Waals surface area contributed by atoms with Crippen molar-refractivity contribution in [2.75, 3.05) is 20.3 Å². The number of carbonyl (C=O) groups excluding carboxylic acids is 1. The van der Waals surface area contributed by atoms with Crippen LogP contribution in [0.15, 0.2) is 48.5 Å². The van der Waals surface area contributed by atoms with Gasteiger partial charge in [-0.05, 0) is 29.8 Å². The SMILES string of the molecule is COc1cc(/C=C/C(=O)N[C@H]2CCOc3ccccc32)ccc1OCC#N. The summed E-state index contributed by atoms with van der Waals surface area (Å²) < 4.78 is 16.2. The first kappa shape index (κ1) is 18.3. The smallest absolute Gasteiger partial charge is 0.244 e. The van der Waals surface area contributed by atoms with E-state index in [-0.39, 0.29) is 18.6 Å². The fraction of sp³-hybridized carbons (Fsp3) is 0.238. The summed E-state index contributed by atoms with van der Waals surface area (Å²) in [7, 11) is 1.53. The summed E-state index contributed by atoms with van der Waals surface area (Å²) in [5.41, 5.74) is 1.78. The highest BCUT2D eigenvalue weighted by Crippen LogP contribution is 2.31. The second kappa shape index (κ2) is 8.77. The lowest BCUT2D eigenvalue weighted by atomic mass is 10.0. The van der Waals surface area contributed by atoms with E-state index in [0.29, 0.717) is 18.1 Å². The van der Waals surface area contributed by atoms with Gasteiger partial charge in [0.25, 0.3) is 0 Å². The molecule has 1 aliphatic heterocycles. The topological polar surface area (TPSA) is 80.6 Å². The van der Waals surface area contributed by atoms with Gasteiger partial charge in [0.15, 0.2) is 18.1 Å². The number of nitrogens with one attached hydrogen (secondary N) is 1. The predicted molar refractivity (Wildman–Crippen MR) is 101 cm³/mol. The predicted octanol–water partition coefficient (Wildman–Crippen LogP) is 3.25. The largest absolute Gasteiger partial charge is 0.493 e. The van der Waals surface area contributed by atoms with Crippen LogP contribution in [0.3, 0.4) is 0 Å². The van der Waals surface area contributed by atoms with Gasteiger partial charge in [-0.15, -0.1) is 0 Å². The number of ether oxygens (including phenoxy) is 3. The summed E-state index contributed by atoms with van der Waals surface area (Å²) >= 11 is 0. The lowest BCUT2D eigenvalue weighted by Crippen LogP contribution is -2.30. The van der Waals surface area contributed by atoms with Crippen LogP contribution in [-0.4, -0.2) is 26.2 Å². The molecule has 0 unspecified atom stereocenters. The van der Waals surface area contributed by atoms with Crippen LogP contribution in [0.25, 0.3) is 6.08 Å². The molecule has 2 aromatic carbocycles. The molecule has 0 saturated heterocycles. The third-order valence-corrected chi connectivity index (χ3v) is 4.18. The van der Waals surface area contributed by atoms with Crippen molar-refractivity contribution in [1.29, 1.82) is 5.26 Å². The Kier molecular flexibility index (Phi) is 5.95. The van der Waals surface area contributed by atoms with Crippen molar-refractivity contribution in [3.05, 3.63) is 59.7 Å². The second-order valence-corrected chi connectivity index (χ2v) is 5.93. The Hall–Kier alpha value is -3.46. The Balaban J connectivity index is 1.66. The van der Waals surface area contributed by atoms with Gasteiger partial charge >= 0.3 is 0 Å². The molecular weight excluding hydrogens is 344 g/mol. The zero-order valence-corrected chi connectivity index (χ0v) is 15.0. The number of nitrogens with zero attached hydrogens (tertiary/aromatic N) is 1. The molecule has 1 heterocycles. The molecule has 6 heteroatoms. The molecule has 1 atom stereocenters. The van der Waals surface area contributed by atoms with E-state index in [1.54, 1.807) is 24.3 Å². The lowest BCUT2D eigenvalue weighted by Gasteiger charge is -2.26. The van der Waals surface area contributed by atoms with Gasteiger partial charge in [0.05, 0.1) is 19.8 Å².